The largest absolute Gasteiger partial charge is 0.343 e. The fourth-order valence-electron chi connectivity index (χ4n) is 4.06. The van der Waals surface area contributed by atoms with Gasteiger partial charge in [0.1, 0.15) is 0 Å². The van der Waals surface area contributed by atoms with Crippen molar-refractivity contribution in [3.8, 4) is 0 Å². The quantitative estimate of drug-likeness (QED) is 0.849. The van der Waals surface area contributed by atoms with Crippen LogP contribution in [-0.2, 0) is 16.0 Å². The van der Waals surface area contributed by atoms with Crippen LogP contribution in [-0.4, -0.2) is 29.8 Å². The molecule has 25 heavy (non-hydrogen) atoms. The van der Waals surface area contributed by atoms with Gasteiger partial charge in [-0.1, -0.05) is 31.9 Å². The van der Waals surface area contributed by atoms with Crippen LogP contribution in [0.4, 0.5) is 5.69 Å². The second kappa shape index (κ2) is 8.50. The second-order valence-electron chi connectivity index (χ2n) is 7.61. The first-order valence-corrected chi connectivity index (χ1v) is 9.81. The zero-order valence-corrected chi connectivity index (χ0v) is 15.3. The Kier molecular flexibility index (Phi) is 6.11. The lowest BCUT2D eigenvalue weighted by molar-refractivity contribution is -0.130. The van der Waals surface area contributed by atoms with E-state index < -0.39 is 0 Å². The highest BCUT2D eigenvalue weighted by Gasteiger charge is 2.26. The highest BCUT2D eigenvalue weighted by atomic mass is 16.2. The Balaban J connectivity index is 1.46. The highest BCUT2D eigenvalue weighted by molar-refractivity contribution is 5.92. The minimum Gasteiger partial charge on any atom is -0.343 e. The number of amides is 2. The minimum absolute atomic E-state index is 0.0836. The van der Waals surface area contributed by atoms with Crippen LogP contribution >= 0.6 is 0 Å². The Bertz CT molecular complexity index is 584. The fraction of sp³-hybridized carbons (Fsp3) is 0.619. The Morgan fingerprint density at radius 1 is 1.08 bits per heavy atom. The van der Waals surface area contributed by atoms with Crippen LogP contribution in [0.25, 0.3) is 0 Å². The molecular formula is C21H30N2O2. The smallest absolute Gasteiger partial charge is 0.227 e. The molecule has 1 aliphatic carbocycles. The zero-order valence-electron chi connectivity index (χ0n) is 15.3. The number of benzene rings is 1. The van der Waals surface area contributed by atoms with E-state index in [1.807, 2.05) is 36.1 Å². The van der Waals surface area contributed by atoms with E-state index in [2.05, 4.69) is 5.32 Å². The maximum Gasteiger partial charge on any atom is 0.227 e. The van der Waals surface area contributed by atoms with Gasteiger partial charge in [0, 0.05) is 31.1 Å². The molecule has 2 aliphatic rings. The van der Waals surface area contributed by atoms with Gasteiger partial charge in [-0.2, -0.15) is 0 Å². The average molecular weight is 342 g/mol. The van der Waals surface area contributed by atoms with E-state index >= 15 is 0 Å². The molecule has 1 aromatic rings. The number of carbonyl (C=O) groups is 2. The summed E-state index contributed by atoms with van der Waals surface area (Å²) in [6.07, 6.45) is 8.49. The van der Waals surface area contributed by atoms with Crippen LogP contribution < -0.4 is 5.32 Å². The van der Waals surface area contributed by atoms with Crippen LogP contribution in [0, 0.1) is 11.8 Å². The molecule has 3 rings (SSSR count). The lowest BCUT2D eigenvalue weighted by Crippen LogP contribution is -2.27. The molecule has 1 heterocycles. The standard InChI is InChI=1S/C21H30N2O2/c1-16(18-6-2-3-7-18)21(25)22-19-11-8-17(9-12-19)10-13-20(24)23-14-4-5-15-23/h8-9,11-12,16,18H,2-7,10,13-15H2,1H3,(H,22,25). The van der Waals surface area contributed by atoms with E-state index in [-0.39, 0.29) is 17.7 Å². The van der Waals surface area contributed by atoms with Gasteiger partial charge in [-0.25, -0.2) is 0 Å². The van der Waals surface area contributed by atoms with E-state index in [9.17, 15) is 9.59 Å². The molecule has 1 unspecified atom stereocenters. The third-order valence-electron chi connectivity index (χ3n) is 5.83. The van der Waals surface area contributed by atoms with Crippen LogP contribution in [0.5, 0.6) is 0 Å². The predicted octanol–water partition coefficient (Wildman–Crippen LogP) is 4.01. The maximum absolute atomic E-state index is 12.4. The lowest BCUT2D eigenvalue weighted by Gasteiger charge is -2.18. The normalized spacial score (nSPS) is 19.2. The molecule has 1 saturated heterocycles. The van der Waals surface area contributed by atoms with Crippen LogP contribution in [0.1, 0.15) is 57.4 Å². The maximum atomic E-state index is 12.4. The van der Waals surface area contributed by atoms with Crippen molar-refractivity contribution >= 4 is 17.5 Å². The third kappa shape index (κ3) is 4.83. The van der Waals surface area contributed by atoms with Crippen LogP contribution in [0.2, 0.25) is 0 Å². The minimum atomic E-state index is 0.0836. The van der Waals surface area contributed by atoms with Crippen molar-refractivity contribution in [3.05, 3.63) is 29.8 Å². The number of carbonyl (C=O) groups excluding carboxylic acids is 2. The molecule has 1 atom stereocenters. The van der Waals surface area contributed by atoms with Gasteiger partial charge in [0.25, 0.3) is 0 Å². The summed E-state index contributed by atoms with van der Waals surface area (Å²) < 4.78 is 0. The molecule has 2 amide bonds. The van der Waals surface area contributed by atoms with Crippen molar-refractivity contribution in [1.82, 2.24) is 4.90 Å². The summed E-state index contributed by atoms with van der Waals surface area (Å²) in [6.45, 7) is 3.88. The van der Waals surface area contributed by atoms with E-state index in [1.165, 1.54) is 25.7 Å². The molecular weight excluding hydrogens is 312 g/mol. The molecule has 4 heteroatoms. The van der Waals surface area contributed by atoms with Gasteiger partial charge in [-0.05, 0) is 55.7 Å². The van der Waals surface area contributed by atoms with Gasteiger partial charge in [0.15, 0.2) is 0 Å². The number of anilines is 1. The summed E-state index contributed by atoms with van der Waals surface area (Å²) >= 11 is 0. The van der Waals surface area contributed by atoms with Crippen LogP contribution in [0.15, 0.2) is 24.3 Å². The Morgan fingerprint density at radius 2 is 1.72 bits per heavy atom. The van der Waals surface area contributed by atoms with Gasteiger partial charge >= 0.3 is 0 Å². The van der Waals surface area contributed by atoms with Gasteiger partial charge in [-0.15, -0.1) is 0 Å². The monoisotopic (exact) mass is 342 g/mol. The van der Waals surface area contributed by atoms with Gasteiger partial charge in [-0.3, -0.25) is 9.59 Å². The number of hydrogen-bond donors (Lipinski definition) is 1. The molecule has 0 aromatic heterocycles. The van der Waals surface area contributed by atoms with Crippen molar-refractivity contribution in [2.24, 2.45) is 11.8 Å². The van der Waals surface area contributed by atoms with Crippen molar-refractivity contribution in [1.29, 1.82) is 0 Å². The summed E-state index contributed by atoms with van der Waals surface area (Å²) in [5.41, 5.74) is 2.00. The number of nitrogens with one attached hydrogen (secondary N) is 1. The summed E-state index contributed by atoms with van der Waals surface area (Å²) in [6, 6.07) is 7.95. The Hall–Kier alpha value is -1.84. The van der Waals surface area contributed by atoms with Crippen molar-refractivity contribution < 1.29 is 9.59 Å². The molecule has 136 valence electrons. The first-order valence-electron chi connectivity index (χ1n) is 9.81. The molecule has 1 aliphatic heterocycles. The summed E-state index contributed by atoms with van der Waals surface area (Å²) in [5.74, 6) is 1.01. The van der Waals surface area contributed by atoms with E-state index in [4.69, 9.17) is 0 Å². The second-order valence-corrected chi connectivity index (χ2v) is 7.61. The molecule has 0 bridgehead atoms. The molecule has 0 radical (unpaired) electrons. The molecule has 1 N–H and O–H groups in total. The van der Waals surface area contributed by atoms with E-state index in [0.717, 1.165) is 43.6 Å². The predicted molar refractivity (Wildman–Crippen MR) is 100 cm³/mol. The lowest BCUT2D eigenvalue weighted by atomic mass is 9.92. The van der Waals surface area contributed by atoms with Crippen molar-refractivity contribution in [2.75, 3.05) is 18.4 Å². The van der Waals surface area contributed by atoms with Gasteiger partial charge < -0.3 is 10.2 Å². The summed E-state index contributed by atoms with van der Waals surface area (Å²) in [7, 11) is 0. The molecule has 1 saturated carbocycles. The van der Waals surface area contributed by atoms with Gasteiger partial charge in [0.05, 0.1) is 0 Å². The fourth-order valence-corrected chi connectivity index (χ4v) is 4.06. The topological polar surface area (TPSA) is 49.4 Å². The van der Waals surface area contributed by atoms with Gasteiger partial charge in [0.2, 0.25) is 11.8 Å². The number of hydrogen-bond acceptors (Lipinski definition) is 2. The number of likely N-dealkylation sites (tertiary alicyclic amines) is 1. The summed E-state index contributed by atoms with van der Waals surface area (Å²) in [4.78, 5) is 26.5. The Labute approximate surface area is 151 Å². The molecule has 1 aromatic carbocycles. The molecule has 0 spiro atoms. The number of rotatable bonds is 6. The molecule has 2 fully saturated rings. The average Bonchev–Trinajstić information content (AvgIpc) is 3.33. The third-order valence-corrected chi connectivity index (χ3v) is 5.83. The Morgan fingerprint density at radius 3 is 2.36 bits per heavy atom. The SMILES string of the molecule is CC(C(=O)Nc1ccc(CCC(=O)N2CCCC2)cc1)C1CCCC1. The zero-order chi connectivity index (χ0) is 17.6. The first-order chi connectivity index (χ1) is 12.1. The molecule has 4 nitrogen and oxygen atoms in total. The van der Waals surface area contributed by atoms with Crippen molar-refractivity contribution in [3.63, 3.8) is 0 Å². The van der Waals surface area contributed by atoms with E-state index in [1.54, 1.807) is 0 Å². The highest BCUT2D eigenvalue weighted by Crippen LogP contribution is 2.31. The van der Waals surface area contributed by atoms with Crippen molar-refractivity contribution in [2.45, 2.75) is 58.3 Å². The first kappa shape index (κ1) is 18.0. The number of nitrogens with zero attached hydrogens (tertiary/aromatic N) is 1. The number of aryl methyl sites for hydroxylation is 1. The van der Waals surface area contributed by atoms with Crippen LogP contribution in [0.3, 0.4) is 0 Å². The van der Waals surface area contributed by atoms with E-state index in [0.29, 0.717) is 12.3 Å². The summed E-state index contributed by atoms with van der Waals surface area (Å²) in [5, 5.41) is 3.04.